The van der Waals surface area contributed by atoms with Crippen molar-refractivity contribution >= 4 is 33.1 Å². The van der Waals surface area contributed by atoms with Gasteiger partial charge in [-0.15, -0.1) is 0 Å². The summed E-state index contributed by atoms with van der Waals surface area (Å²) in [6.07, 6.45) is 1.70. The standard InChI is InChI=1S/C23H25ClO5S/c1-15-14-30(28,29)22(13-25)23(15)21(27)10-8-17(16-5-3-2-4-6-16)11-18-7-9-19(26)12-20(18)24/h2-7,9,11-12,21-22,25-27H,8,10,13-14H2,1H3/b17-11-/t21-,22+/m1/s1. The van der Waals surface area contributed by atoms with Crippen molar-refractivity contribution in [2.24, 2.45) is 0 Å². The summed E-state index contributed by atoms with van der Waals surface area (Å²) >= 11 is 6.26. The van der Waals surface area contributed by atoms with Crippen molar-refractivity contribution in [3.8, 4) is 5.75 Å². The number of aromatic hydroxyl groups is 1. The summed E-state index contributed by atoms with van der Waals surface area (Å²) in [6.45, 7) is 1.16. The molecule has 7 heteroatoms. The van der Waals surface area contributed by atoms with E-state index in [0.717, 1.165) is 16.7 Å². The Kier molecular flexibility index (Phi) is 7.03. The van der Waals surface area contributed by atoms with Crippen LogP contribution in [0.3, 0.4) is 0 Å². The summed E-state index contributed by atoms with van der Waals surface area (Å²) in [5, 5.41) is 29.3. The SMILES string of the molecule is CC1=C([C@H](O)CC/C(=C/c2ccc(O)cc2Cl)c2ccccc2)[C@H](CO)S(=O)(=O)C1. The maximum absolute atomic E-state index is 12.2. The van der Waals surface area contributed by atoms with Gasteiger partial charge in [-0.1, -0.05) is 47.5 Å². The van der Waals surface area contributed by atoms with Gasteiger partial charge in [0.25, 0.3) is 0 Å². The second-order valence-electron chi connectivity index (χ2n) is 7.51. The second kappa shape index (κ2) is 9.35. The van der Waals surface area contributed by atoms with Gasteiger partial charge < -0.3 is 15.3 Å². The van der Waals surface area contributed by atoms with Gasteiger partial charge in [0.2, 0.25) is 0 Å². The molecular formula is C23H25ClO5S. The summed E-state index contributed by atoms with van der Waals surface area (Å²) in [5.74, 6) is -0.0523. The van der Waals surface area contributed by atoms with Crippen LogP contribution in [0.4, 0.5) is 0 Å². The normalized spacial score (nSPS) is 19.9. The third kappa shape index (κ3) is 4.95. The number of sulfone groups is 1. The lowest BCUT2D eigenvalue weighted by Crippen LogP contribution is -2.29. The van der Waals surface area contributed by atoms with E-state index >= 15 is 0 Å². The molecule has 2 aromatic rings. The fourth-order valence-electron chi connectivity index (χ4n) is 3.89. The molecule has 0 saturated carbocycles. The van der Waals surface area contributed by atoms with E-state index in [1.165, 1.54) is 6.07 Å². The molecule has 0 amide bonds. The van der Waals surface area contributed by atoms with Crippen molar-refractivity contribution in [3.05, 3.63) is 75.8 Å². The summed E-state index contributed by atoms with van der Waals surface area (Å²) < 4.78 is 24.4. The van der Waals surface area contributed by atoms with Gasteiger partial charge in [-0.3, -0.25) is 0 Å². The van der Waals surface area contributed by atoms with Crippen LogP contribution in [0.2, 0.25) is 5.02 Å². The molecule has 2 aromatic carbocycles. The van der Waals surface area contributed by atoms with Gasteiger partial charge in [0, 0.05) is 0 Å². The van der Waals surface area contributed by atoms with Crippen molar-refractivity contribution in [1.29, 1.82) is 0 Å². The van der Waals surface area contributed by atoms with Crippen LogP contribution in [0.5, 0.6) is 5.75 Å². The Morgan fingerprint density at radius 3 is 2.57 bits per heavy atom. The largest absolute Gasteiger partial charge is 0.508 e. The Morgan fingerprint density at radius 2 is 1.93 bits per heavy atom. The first kappa shape index (κ1) is 22.6. The molecule has 1 aliphatic heterocycles. The third-order valence-electron chi connectivity index (χ3n) is 5.36. The molecule has 0 saturated heterocycles. The molecule has 0 bridgehead atoms. The van der Waals surface area contributed by atoms with Crippen LogP contribution < -0.4 is 0 Å². The first-order valence-electron chi connectivity index (χ1n) is 9.67. The molecule has 2 atom stereocenters. The minimum absolute atomic E-state index is 0.0775. The number of aliphatic hydroxyl groups excluding tert-OH is 2. The maximum atomic E-state index is 12.2. The van der Waals surface area contributed by atoms with E-state index in [1.807, 2.05) is 36.4 Å². The van der Waals surface area contributed by atoms with Crippen LogP contribution in [-0.4, -0.2) is 47.5 Å². The molecule has 5 nitrogen and oxygen atoms in total. The predicted molar refractivity (Wildman–Crippen MR) is 120 cm³/mol. The molecule has 0 radical (unpaired) electrons. The van der Waals surface area contributed by atoms with E-state index in [9.17, 15) is 23.7 Å². The number of rotatable bonds is 7. The van der Waals surface area contributed by atoms with E-state index in [4.69, 9.17) is 11.6 Å². The van der Waals surface area contributed by atoms with Crippen LogP contribution in [0.25, 0.3) is 11.6 Å². The quantitative estimate of drug-likeness (QED) is 0.442. The van der Waals surface area contributed by atoms with E-state index in [2.05, 4.69) is 0 Å². The molecule has 160 valence electrons. The first-order valence-corrected chi connectivity index (χ1v) is 11.8. The fourth-order valence-corrected chi connectivity index (χ4v) is 6.06. The molecule has 1 aliphatic rings. The Bertz CT molecular complexity index is 1070. The minimum atomic E-state index is -3.47. The van der Waals surface area contributed by atoms with Gasteiger partial charge in [0.15, 0.2) is 9.84 Å². The Hall–Kier alpha value is -2.12. The monoisotopic (exact) mass is 448 g/mol. The Labute approximate surface area is 181 Å². The highest BCUT2D eigenvalue weighted by Crippen LogP contribution is 2.33. The van der Waals surface area contributed by atoms with E-state index in [1.54, 1.807) is 19.1 Å². The number of hydrogen-bond acceptors (Lipinski definition) is 5. The van der Waals surface area contributed by atoms with Gasteiger partial charge in [-0.05, 0) is 66.3 Å². The van der Waals surface area contributed by atoms with Gasteiger partial charge in [0.1, 0.15) is 11.0 Å². The predicted octanol–water partition coefficient (Wildman–Crippen LogP) is 3.83. The van der Waals surface area contributed by atoms with Crippen LogP contribution in [0.1, 0.15) is 30.9 Å². The van der Waals surface area contributed by atoms with Gasteiger partial charge in [0.05, 0.1) is 23.5 Å². The summed E-state index contributed by atoms with van der Waals surface area (Å²) in [7, 11) is -3.47. The number of phenolic OH excluding ortho intramolecular Hbond substituents is 1. The Morgan fingerprint density at radius 1 is 1.23 bits per heavy atom. The van der Waals surface area contributed by atoms with Gasteiger partial charge in [-0.2, -0.15) is 0 Å². The van der Waals surface area contributed by atoms with Crippen LogP contribution in [0, 0.1) is 0 Å². The zero-order chi connectivity index (χ0) is 21.9. The van der Waals surface area contributed by atoms with Crippen LogP contribution >= 0.6 is 11.6 Å². The summed E-state index contributed by atoms with van der Waals surface area (Å²) in [6, 6.07) is 14.4. The highest BCUT2D eigenvalue weighted by atomic mass is 35.5. The average molecular weight is 449 g/mol. The zero-order valence-electron chi connectivity index (χ0n) is 16.6. The van der Waals surface area contributed by atoms with Crippen molar-refractivity contribution in [1.82, 2.24) is 0 Å². The minimum Gasteiger partial charge on any atom is -0.508 e. The topological polar surface area (TPSA) is 94.8 Å². The number of halogens is 1. The molecule has 0 fully saturated rings. The fraction of sp³-hybridized carbons (Fsp3) is 0.304. The number of hydrogen-bond donors (Lipinski definition) is 3. The van der Waals surface area contributed by atoms with E-state index < -0.39 is 27.8 Å². The van der Waals surface area contributed by atoms with E-state index in [-0.39, 0.29) is 11.5 Å². The molecule has 0 aliphatic carbocycles. The first-order chi connectivity index (χ1) is 14.2. The highest BCUT2D eigenvalue weighted by molar-refractivity contribution is 7.92. The van der Waals surface area contributed by atoms with Crippen molar-refractivity contribution in [3.63, 3.8) is 0 Å². The molecule has 3 N–H and O–H groups in total. The average Bonchev–Trinajstić information content (AvgIpc) is 2.94. The molecule has 30 heavy (non-hydrogen) atoms. The molecule has 0 unspecified atom stereocenters. The van der Waals surface area contributed by atoms with Crippen molar-refractivity contribution in [2.45, 2.75) is 31.1 Å². The Balaban J connectivity index is 1.88. The van der Waals surface area contributed by atoms with Crippen molar-refractivity contribution in [2.75, 3.05) is 12.4 Å². The number of aliphatic hydroxyl groups is 2. The van der Waals surface area contributed by atoms with Crippen LogP contribution in [0.15, 0.2) is 59.7 Å². The molecule has 0 aromatic heterocycles. The second-order valence-corrected chi connectivity index (χ2v) is 10.1. The van der Waals surface area contributed by atoms with Crippen molar-refractivity contribution < 1.29 is 23.7 Å². The zero-order valence-corrected chi connectivity index (χ0v) is 18.2. The lowest BCUT2D eigenvalue weighted by atomic mass is 9.92. The third-order valence-corrected chi connectivity index (χ3v) is 7.79. The van der Waals surface area contributed by atoms with Crippen LogP contribution in [-0.2, 0) is 9.84 Å². The smallest absolute Gasteiger partial charge is 0.163 e. The van der Waals surface area contributed by atoms with Gasteiger partial charge in [-0.25, -0.2) is 8.42 Å². The molecule has 1 heterocycles. The number of benzene rings is 2. The summed E-state index contributed by atoms with van der Waals surface area (Å²) in [5.41, 5.74) is 3.62. The van der Waals surface area contributed by atoms with E-state index in [0.29, 0.717) is 29.0 Å². The summed E-state index contributed by atoms with van der Waals surface area (Å²) in [4.78, 5) is 0. The lowest BCUT2D eigenvalue weighted by Gasteiger charge is -2.19. The molecule has 3 rings (SSSR count). The molecule has 0 spiro atoms. The number of phenols is 1. The lowest BCUT2D eigenvalue weighted by molar-refractivity contribution is 0.190. The number of allylic oxidation sites excluding steroid dienone is 1. The molecular weight excluding hydrogens is 424 g/mol. The maximum Gasteiger partial charge on any atom is 0.163 e. The van der Waals surface area contributed by atoms with Gasteiger partial charge >= 0.3 is 0 Å². The highest BCUT2D eigenvalue weighted by Gasteiger charge is 2.39.